The van der Waals surface area contributed by atoms with Crippen LogP contribution in [0.3, 0.4) is 0 Å². The van der Waals surface area contributed by atoms with Crippen LogP contribution in [0.15, 0.2) is 0 Å². The molecule has 2 fully saturated rings. The van der Waals surface area contributed by atoms with E-state index in [1.54, 1.807) is 0 Å². The van der Waals surface area contributed by atoms with Crippen molar-refractivity contribution >= 4 is 15.7 Å². The molecule has 2 aliphatic rings. The Morgan fingerprint density at radius 1 is 1.10 bits per heavy atom. The van der Waals surface area contributed by atoms with Gasteiger partial charge in [0.25, 0.3) is 0 Å². The molecule has 2 rings (SSSR count). The molecule has 0 aromatic carbocycles. The molecule has 1 amide bonds. The zero-order valence-corrected chi connectivity index (χ0v) is 12.2. The first-order valence-corrected chi connectivity index (χ1v) is 8.89. The van der Waals surface area contributed by atoms with Gasteiger partial charge in [0.2, 0.25) is 11.8 Å². The molecule has 0 aromatic heterocycles. The zero-order valence-electron chi connectivity index (χ0n) is 11.4. The van der Waals surface area contributed by atoms with E-state index in [2.05, 4.69) is 5.32 Å². The Balaban J connectivity index is 1.81. The SMILES string of the molecule is O=C(CS(=O)(=O)C1CCCC1)NC1CCC(F)(F)CC1. The first-order valence-electron chi connectivity index (χ1n) is 7.17. The lowest BCUT2D eigenvalue weighted by Crippen LogP contribution is -2.43. The van der Waals surface area contributed by atoms with Gasteiger partial charge in [0.1, 0.15) is 5.75 Å². The van der Waals surface area contributed by atoms with Crippen molar-refractivity contribution in [2.75, 3.05) is 5.75 Å². The molecule has 20 heavy (non-hydrogen) atoms. The highest BCUT2D eigenvalue weighted by atomic mass is 32.2. The highest BCUT2D eigenvalue weighted by molar-refractivity contribution is 7.92. The third-order valence-corrected chi connectivity index (χ3v) is 6.38. The number of rotatable bonds is 4. The van der Waals surface area contributed by atoms with Crippen LogP contribution in [-0.2, 0) is 14.6 Å². The highest BCUT2D eigenvalue weighted by Crippen LogP contribution is 2.33. The summed E-state index contributed by atoms with van der Waals surface area (Å²) < 4.78 is 50.0. The molecule has 4 nitrogen and oxygen atoms in total. The minimum atomic E-state index is -3.39. The monoisotopic (exact) mass is 309 g/mol. The molecule has 116 valence electrons. The van der Waals surface area contributed by atoms with Crippen molar-refractivity contribution in [1.29, 1.82) is 0 Å². The second-order valence-corrected chi connectivity index (χ2v) is 8.19. The topological polar surface area (TPSA) is 63.2 Å². The third-order valence-electron chi connectivity index (χ3n) is 4.22. The molecule has 0 aliphatic heterocycles. The number of nitrogens with one attached hydrogen (secondary N) is 1. The van der Waals surface area contributed by atoms with E-state index in [4.69, 9.17) is 0 Å². The Kier molecular flexibility index (Phi) is 4.66. The van der Waals surface area contributed by atoms with Crippen LogP contribution < -0.4 is 5.32 Å². The molecular weight excluding hydrogens is 288 g/mol. The summed E-state index contributed by atoms with van der Waals surface area (Å²) in [4.78, 5) is 11.8. The van der Waals surface area contributed by atoms with Gasteiger partial charge in [-0.05, 0) is 25.7 Å². The summed E-state index contributed by atoms with van der Waals surface area (Å²) >= 11 is 0. The first-order chi connectivity index (χ1) is 9.28. The number of alkyl halides is 2. The number of amides is 1. The van der Waals surface area contributed by atoms with E-state index in [1.165, 1.54) is 0 Å². The maximum absolute atomic E-state index is 13.0. The van der Waals surface area contributed by atoms with E-state index in [0.29, 0.717) is 12.8 Å². The van der Waals surface area contributed by atoms with Crippen molar-refractivity contribution in [2.45, 2.75) is 68.6 Å². The summed E-state index contributed by atoms with van der Waals surface area (Å²) in [5, 5.41) is 2.19. The van der Waals surface area contributed by atoms with Crippen LogP contribution in [0.25, 0.3) is 0 Å². The van der Waals surface area contributed by atoms with Crippen molar-refractivity contribution in [3.8, 4) is 0 Å². The zero-order chi connectivity index (χ0) is 14.8. The summed E-state index contributed by atoms with van der Waals surface area (Å²) in [7, 11) is -3.39. The van der Waals surface area contributed by atoms with Gasteiger partial charge in [-0.3, -0.25) is 4.79 Å². The average molecular weight is 309 g/mol. The standard InChI is InChI=1S/C13H21F2NO3S/c14-13(15)7-5-10(6-8-13)16-12(17)9-20(18,19)11-3-1-2-4-11/h10-11H,1-9H2,(H,16,17). The minimum absolute atomic E-state index is 0.211. The molecule has 0 unspecified atom stereocenters. The normalized spacial score (nSPS) is 24.7. The predicted octanol–water partition coefficient (Wildman–Crippen LogP) is 2.04. The first kappa shape index (κ1) is 15.7. The predicted molar refractivity (Wildman–Crippen MR) is 71.4 cm³/mol. The van der Waals surface area contributed by atoms with Crippen LogP contribution in [0.4, 0.5) is 8.78 Å². The number of halogens is 2. The molecule has 0 spiro atoms. The fourth-order valence-electron chi connectivity index (χ4n) is 3.00. The van der Waals surface area contributed by atoms with Gasteiger partial charge < -0.3 is 5.32 Å². The maximum Gasteiger partial charge on any atom is 0.248 e. The van der Waals surface area contributed by atoms with Crippen LogP contribution in [-0.4, -0.2) is 37.3 Å². The summed E-state index contributed by atoms with van der Waals surface area (Å²) in [5.74, 6) is -3.70. The number of sulfone groups is 1. The Morgan fingerprint density at radius 3 is 2.20 bits per heavy atom. The van der Waals surface area contributed by atoms with Gasteiger partial charge >= 0.3 is 0 Å². The Hall–Kier alpha value is -0.720. The number of carbonyl (C=O) groups is 1. The van der Waals surface area contributed by atoms with Gasteiger partial charge in [-0.2, -0.15) is 0 Å². The molecule has 0 radical (unpaired) electrons. The van der Waals surface area contributed by atoms with Crippen LogP contribution in [0.2, 0.25) is 0 Å². The van der Waals surface area contributed by atoms with Crippen molar-refractivity contribution in [3.63, 3.8) is 0 Å². The molecule has 0 bridgehead atoms. The van der Waals surface area contributed by atoms with Crippen molar-refractivity contribution in [3.05, 3.63) is 0 Å². The van der Waals surface area contributed by atoms with Gasteiger partial charge in [-0.1, -0.05) is 12.8 Å². The summed E-state index contributed by atoms with van der Waals surface area (Å²) in [5.41, 5.74) is 0. The van der Waals surface area contributed by atoms with Crippen LogP contribution >= 0.6 is 0 Å². The third kappa shape index (κ3) is 4.14. The van der Waals surface area contributed by atoms with E-state index in [1.807, 2.05) is 0 Å². The molecule has 0 saturated heterocycles. The molecular formula is C13H21F2NO3S. The Labute approximate surface area is 118 Å². The number of hydrogen-bond acceptors (Lipinski definition) is 3. The van der Waals surface area contributed by atoms with Crippen LogP contribution in [0, 0.1) is 0 Å². The molecule has 0 aromatic rings. The summed E-state index contributed by atoms with van der Waals surface area (Å²) in [6.45, 7) is 0. The molecule has 7 heteroatoms. The molecule has 1 N–H and O–H groups in total. The largest absolute Gasteiger partial charge is 0.352 e. The van der Waals surface area contributed by atoms with Gasteiger partial charge in [0.05, 0.1) is 5.25 Å². The smallest absolute Gasteiger partial charge is 0.248 e. The molecule has 2 saturated carbocycles. The van der Waals surface area contributed by atoms with Crippen molar-refractivity contribution in [1.82, 2.24) is 5.32 Å². The molecule has 0 heterocycles. The second-order valence-electron chi connectivity index (χ2n) is 5.91. The quantitative estimate of drug-likeness (QED) is 0.864. The number of hydrogen-bond donors (Lipinski definition) is 1. The van der Waals surface area contributed by atoms with E-state index in [0.717, 1.165) is 12.8 Å². The maximum atomic E-state index is 13.0. The lowest BCUT2D eigenvalue weighted by atomic mass is 9.92. The van der Waals surface area contributed by atoms with E-state index < -0.39 is 32.7 Å². The highest BCUT2D eigenvalue weighted by Gasteiger charge is 2.36. The fraction of sp³-hybridized carbons (Fsp3) is 0.923. The Morgan fingerprint density at radius 2 is 1.65 bits per heavy atom. The molecule has 2 aliphatic carbocycles. The van der Waals surface area contributed by atoms with Crippen molar-refractivity contribution < 1.29 is 22.0 Å². The van der Waals surface area contributed by atoms with Gasteiger partial charge in [0.15, 0.2) is 9.84 Å². The van der Waals surface area contributed by atoms with E-state index >= 15 is 0 Å². The summed E-state index contributed by atoms with van der Waals surface area (Å²) in [6.07, 6.45) is 2.98. The Bertz CT molecular complexity index is 448. The van der Waals surface area contributed by atoms with Crippen molar-refractivity contribution in [2.24, 2.45) is 0 Å². The lowest BCUT2D eigenvalue weighted by Gasteiger charge is -2.28. The fourth-order valence-corrected chi connectivity index (χ4v) is 4.74. The summed E-state index contributed by atoms with van der Waals surface area (Å²) in [6, 6.07) is -0.319. The molecule has 0 atom stereocenters. The van der Waals surface area contributed by atoms with E-state index in [-0.39, 0.29) is 31.7 Å². The van der Waals surface area contributed by atoms with E-state index in [9.17, 15) is 22.0 Å². The van der Waals surface area contributed by atoms with Gasteiger partial charge in [0, 0.05) is 18.9 Å². The number of carbonyl (C=O) groups excluding carboxylic acids is 1. The van der Waals surface area contributed by atoms with Crippen LogP contribution in [0.1, 0.15) is 51.4 Å². The van der Waals surface area contributed by atoms with Gasteiger partial charge in [-0.25, -0.2) is 17.2 Å². The van der Waals surface area contributed by atoms with Gasteiger partial charge in [-0.15, -0.1) is 0 Å². The second kappa shape index (κ2) is 5.95. The minimum Gasteiger partial charge on any atom is -0.352 e. The average Bonchev–Trinajstić information content (AvgIpc) is 2.85. The lowest BCUT2D eigenvalue weighted by molar-refractivity contribution is -0.120. The van der Waals surface area contributed by atoms with Crippen LogP contribution in [0.5, 0.6) is 0 Å².